The second-order valence-electron chi connectivity index (χ2n) is 6.43. The molecule has 0 saturated carbocycles. The van der Waals surface area contributed by atoms with E-state index in [1.54, 1.807) is 29.2 Å². The fraction of sp³-hybridized carbons (Fsp3) is 0.471. The predicted octanol–water partition coefficient (Wildman–Crippen LogP) is 2.45. The van der Waals surface area contributed by atoms with Crippen molar-refractivity contribution in [1.29, 1.82) is 0 Å². The summed E-state index contributed by atoms with van der Waals surface area (Å²) in [6, 6.07) is 5.88. The smallest absolute Gasteiger partial charge is 0.329 e. The summed E-state index contributed by atoms with van der Waals surface area (Å²) in [4.78, 5) is 37.0. The SMILES string of the molecule is CC(C)(C)OC(=O)[C@@H]1CCCN1C(=O)c1ccc(C=O)cc1. The molecule has 22 heavy (non-hydrogen) atoms. The highest BCUT2D eigenvalue weighted by Crippen LogP contribution is 2.23. The highest BCUT2D eigenvalue weighted by Gasteiger charge is 2.37. The van der Waals surface area contributed by atoms with Crippen molar-refractivity contribution in [2.24, 2.45) is 0 Å². The van der Waals surface area contributed by atoms with E-state index in [1.165, 1.54) is 0 Å². The van der Waals surface area contributed by atoms with Crippen LogP contribution in [0, 0.1) is 0 Å². The highest BCUT2D eigenvalue weighted by molar-refractivity contribution is 5.97. The van der Waals surface area contributed by atoms with E-state index >= 15 is 0 Å². The summed E-state index contributed by atoms with van der Waals surface area (Å²) < 4.78 is 5.40. The lowest BCUT2D eigenvalue weighted by Gasteiger charge is -2.27. The van der Waals surface area contributed by atoms with Crippen molar-refractivity contribution in [2.75, 3.05) is 6.54 Å². The minimum absolute atomic E-state index is 0.203. The molecule has 1 atom stereocenters. The number of carbonyl (C=O) groups excluding carboxylic acids is 3. The Labute approximate surface area is 130 Å². The number of benzene rings is 1. The van der Waals surface area contributed by atoms with Gasteiger partial charge in [0.1, 0.15) is 17.9 Å². The van der Waals surface area contributed by atoms with Gasteiger partial charge in [-0.25, -0.2) is 4.79 Å². The van der Waals surface area contributed by atoms with E-state index in [4.69, 9.17) is 4.74 Å². The van der Waals surface area contributed by atoms with Crippen LogP contribution in [0.4, 0.5) is 0 Å². The van der Waals surface area contributed by atoms with Crippen LogP contribution in [0.5, 0.6) is 0 Å². The van der Waals surface area contributed by atoms with Crippen LogP contribution >= 0.6 is 0 Å². The summed E-state index contributed by atoms with van der Waals surface area (Å²) in [7, 11) is 0. The van der Waals surface area contributed by atoms with Crippen LogP contribution in [-0.2, 0) is 9.53 Å². The zero-order chi connectivity index (χ0) is 16.3. The predicted molar refractivity (Wildman–Crippen MR) is 81.7 cm³/mol. The Hall–Kier alpha value is -2.17. The van der Waals surface area contributed by atoms with Crippen LogP contribution in [0.1, 0.15) is 54.3 Å². The van der Waals surface area contributed by atoms with Gasteiger partial charge in [-0.05, 0) is 45.7 Å². The van der Waals surface area contributed by atoms with E-state index in [0.717, 1.165) is 12.7 Å². The molecule has 1 saturated heterocycles. The number of esters is 1. The number of nitrogens with zero attached hydrogens (tertiary/aromatic N) is 1. The molecule has 1 aliphatic rings. The number of hydrogen-bond acceptors (Lipinski definition) is 4. The summed E-state index contributed by atoms with van der Waals surface area (Å²) in [5.74, 6) is -0.561. The Morgan fingerprint density at radius 1 is 1.23 bits per heavy atom. The van der Waals surface area contributed by atoms with Crippen LogP contribution in [-0.4, -0.2) is 41.3 Å². The lowest BCUT2D eigenvalue weighted by molar-refractivity contribution is -0.159. The van der Waals surface area contributed by atoms with E-state index in [9.17, 15) is 14.4 Å². The average molecular weight is 303 g/mol. The first-order valence-corrected chi connectivity index (χ1v) is 7.41. The van der Waals surface area contributed by atoms with E-state index < -0.39 is 11.6 Å². The number of amides is 1. The minimum Gasteiger partial charge on any atom is -0.458 e. The standard InChI is InChI=1S/C17H21NO4/c1-17(2,3)22-16(21)14-5-4-10-18(14)15(20)13-8-6-12(11-19)7-9-13/h6-9,11,14H,4-5,10H2,1-3H3/t14-/m0/s1. The molecule has 1 heterocycles. The van der Waals surface area contributed by atoms with E-state index in [-0.39, 0.29) is 11.9 Å². The van der Waals surface area contributed by atoms with Crippen molar-refractivity contribution in [3.63, 3.8) is 0 Å². The zero-order valence-electron chi connectivity index (χ0n) is 13.2. The number of likely N-dealkylation sites (tertiary alicyclic amines) is 1. The van der Waals surface area contributed by atoms with Gasteiger partial charge in [-0.2, -0.15) is 0 Å². The lowest BCUT2D eigenvalue weighted by Crippen LogP contribution is -2.43. The van der Waals surface area contributed by atoms with Crippen molar-refractivity contribution in [3.05, 3.63) is 35.4 Å². The Morgan fingerprint density at radius 3 is 2.41 bits per heavy atom. The minimum atomic E-state index is -0.569. The van der Waals surface area contributed by atoms with Crippen molar-refractivity contribution >= 4 is 18.2 Å². The Kier molecular flexibility index (Phi) is 4.64. The number of ether oxygens (including phenoxy) is 1. The first-order valence-electron chi connectivity index (χ1n) is 7.41. The summed E-state index contributed by atoms with van der Waals surface area (Å²) in [6.45, 7) is 5.97. The molecule has 2 rings (SSSR count). The van der Waals surface area contributed by atoms with Crippen LogP contribution in [0.2, 0.25) is 0 Å². The van der Waals surface area contributed by atoms with Gasteiger partial charge in [-0.1, -0.05) is 12.1 Å². The van der Waals surface area contributed by atoms with Crippen LogP contribution < -0.4 is 0 Å². The monoisotopic (exact) mass is 303 g/mol. The van der Waals surface area contributed by atoms with Crippen LogP contribution in [0.3, 0.4) is 0 Å². The Bertz CT molecular complexity index is 571. The maximum atomic E-state index is 12.6. The first kappa shape index (κ1) is 16.2. The van der Waals surface area contributed by atoms with Crippen molar-refractivity contribution in [3.8, 4) is 0 Å². The van der Waals surface area contributed by atoms with Crippen molar-refractivity contribution < 1.29 is 19.1 Å². The summed E-state index contributed by atoms with van der Waals surface area (Å²) in [5.41, 5.74) is 0.419. The Morgan fingerprint density at radius 2 is 1.86 bits per heavy atom. The van der Waals surface area contributed by atoms with Gasteiger partial charge in [0.05, 0.1) is 0 Å². The van der Waals surface area contributed by atoms with Crippen LogP contribution in [0.25, 0.3) is 0 Å². The largest absolute Gasteiger partial charge is 0.458 e. The number of rotatable bonds is 3. The van der Waals surface area contributed by atoms with Gasteiger partial charge in [0.25, 0.3) is 5.91 Å². The van der Waals surface area contributed by atoms with Gasteiger partial charge < -0.3 is 9.64 Å². The summed E-state index contributed by atoms with van der Waals surface area (Å²) in [6.07, 6.45) is 2.13. The average Bonchev–Trinajstić information content (AvgIpc) is 2.94. The molecule has 1 aromatic rings. The van der Waals surface area contributed by atoms with Crippen molar-refractivity contribution in [2.45, 2.75) is 45.3 Å². The van der Waals surface area contributed by atoms with Gasteiger partial charge in [0.2, 0.25) is 0 Å². The molecule has 1 aromatic carbocycles. The van der Waals surface area contributed by atoms with Gasteiger partial charge in [-0.3, -0.25) is 9.59 Å². The van der Waals surface area contributed by atoms with E-state index in [1.807, 2.05) is 20.8 Å². The third-order valence-electron chi connectivity index (χ3n) is 3.49. The molecule has 5 nitrogen and oxygen atoms in total. The molecule has 1 amide bonds. The molecule has 0 N–H and O–H groups in total. The van der Waals surface area contributed by atoms with Crippen LogP contribution in [0.15, 0.2) is 24.3 Å². The summed E-state index contributed by atoms with van der Waals surface area (Å²) in [5, 5.41) is 0. The second kappa shape index (κ2) is 6.30. The molecule has 0 unspecified atom stereocenters. The molecular formula is C17H21NO4. The third-order valence-corrected chi connectivity index (χ3v) is 3.49. The highest BCUT2D eigenvalue weighted by atomic mass is 16.6. The maximum Gasteiger partial charge on any atom is 0.329 e. The molecular weight excluding hydrogens is 282 g/mol. The lowest BCUT2D eigenvalue weighted by atomic mass is 10.1. The molecule has 0 aliphatic carbocycles. The Balaban J connectivity index is 2.13. The molecule has 1 aliphatic heterocycles. The first-order chi connectivity index (χ1) is 10.3. The maximum absolute atomic E-state index is 12.6. The number of aldehydes is 1. The molecule has 0 radical (unpaired) electrons. The molecule has 118 valence electrons. The fourth-order valence-electron chi connectivity index (χ4n) is 2.49. The normalized spacial score (nSPS) is 18.1. The third kappa shape index (κ3) is 3.72. The number of hydrogen-bond donors (Lipinski definition) is 0. The molecule has 1 fully saturated rings. The fourth-order valence-corrected chi connectivity index (χ4v) is 2.49. The summed E-state index contributed by atoms with van der Waals surface area (Å²) >= 11 is 0. The van der Waals surface area contributed by atoms with Gasteiger partial charge in [-0.15, -0.1) is 0 Å². The van der Waals surface area contributed by atoms with E-state index in [2.05, 4.69) is 0 Å². The van der Waals surface area contributed by atoms with Gasteiger partial charge >= 0.3 is 5.97 Å². The molecule has 0 spiro atoms. The van der Waals surface area contributed by atoms with Gasteiger partial charge in [0.15, 0.2) is 0 Å². The zero-order valence-corrected chi connectivity index (χ0v) is 13.2. The van der Waals surface area contributed by atoms with Gasteiger partial charge in [0, 0.05) is 17.7 Å². The molecule has 0 bridgehead atoms. The molecule has 0 aromatic heterocycles. The molecule has 5 heteroatoms. The number of carbonyl (C=O) groups is 3. The van der Waals surface area contributed by atoms with Crippen molar-refractivity contribution in [1.82, 2.24) is 4.90 Å². The topological polar surface area (TPSA) is 63.7 Å². The second-order valence-corrected chi connectivity index (χ2v) is 6.43. The van der Waals surface area contributed by atoms with E-state index in [0.29, 0.717) is 24.1 Å². The quantitative estimate of drug-likeness (QED) is 0.635.